The zero-order chi connectivity index (χ0) is 6.62. The van der Waals surface area contributed by atoms with Crippen molar-refractivity contribution in [1.82, 2.24) is 0 Å². The Hall–Kier alpha value is -0.160. The Bertz CT molecular complexity index is 54.0. The molecule has 50 valence electrons. The highest BCUT2D eigenvalue weighted by Crippen LogP contribution is 1.94. The molecule has 0 heterocycles. The zero-order valence-corrected chi connectivity index (χ0v) is 5.18. The van der Waals surface area contributed by atoms with Gasteiger partial charge in [0.15, 0.2) is 6.61 Å². The number of hydrogen-bond acceptors (Lipinski definition) is 3. The van der Waals surface area contributed by atoms with E-state index < -0.39 is 5.91 Å². The van der Waals surface area contributed by atoms with E-state index in [1.807, 2.05) is 0 Å². The van der Waals surface area contributed by atoms with Crippen LogP contribution in [0.1, 0.15) is 0 Å². The third-order valence-corrected chi connectivity index (χ3v) is 0.985. The van der Waals surface area contributed by atoms with Gasteiger partial charge >= 0.3 is 5.91 Å². The van der Waals surface area contributed by atoms with E-state index in [9.17, 15) is 0 Å². The van der Waals surface area contributed by atoms with E-state index in [0.717, 1.165) is 0 Å². The summed E-state index contributed by atoms with van der Waals surface area (Å²) in [7, 11) is 2.85. The van der Waals surface area contributed by atoms with Crippen molar-refractivity contribution in [3.05, 3.63) is 0 Å². The molecule has 0 aliphatic rings. The topological polar surface area (TPSA) is 66.3 Å². The third-order valence-electron chi connectivity index (χ3n) is 0.985. The van der Waals surface area contributed by atoms with Crippen LogP contribution in [0.2, 0.25) is 0 Å². The second kappa shape index (κ2) is 2.99. The maximum absolute atomic E-state index is 8.47. The van der Waals surface area contributed by atoms with E-state index in [2.05, 4.69) is 15.2 Å². The number of rotatable bonds is 3. The van der Waals surface area contributed by atoms with Gasteiger partial charge in [-0.2, -0.15) is 0 Å². The van der Waals surface area contributed by atoms with Gasteiger partial charge in [-0.25, -0.2) is 0 Å². The number of methoxy groups -OCH3 is 2. The first-order chi connectivity index (χ1) is 3.68. The van der Waals surface area contributed by atoms with Gasteiger partial charge in [0.1, 0.15) is 0 Å². The summed E-state index contributed by atoms with van der Waals surface area (Å²) in [4.78, 5) is 0. The standard InChI is InChI=1S/C4H11NO3/c1-7-4(5,3-6)8-2/h6H,3,5H2,1-2H3/p+1. The highest BCUT2D eigenvalue weighted by molar-refractivity contribution is 4.42. The van der Waals surface area contributed by atoms with E-state index in [0.29, 0.717) is 0 Å². The van der Waals surface area contributed by atoms with Crippen molar-refractivity contribution in [1.29, 1.82) is 0 Å². The van der Waals surface area contributed by atoms with Crippen molar-refractivity contribution < 1.29 is 20.3 Å². The number of aliphatic hydroxyl groups excluding tert-OH is 1. The molecule has 4 N–H and O–H groups in total. The Morgan fingerprint density at radius 3 is 1.88 bits per heavy atom. The SMILES string of the molecule is COC([NH3+])(CO)OC. The fourth-order valence-corrected chi connectivity index (χ4v) is 0.212. The Morgan fingerprint density at radius 1 is 1.50 bits per heavy atom. The average molecular weight is 122 g/mol. The summed E-state index contributed by atoms with van der Waals surface area (Å²) < 4.78 is 9.31. The van der Waals surface area contributed by atoms with Gasteiger partial charge in [-0.3, -0.25) is 0 Å². The molecule has 0 aromatic carbocycles. The molecule has 4 heteroatoms. The smallest absolute Gasteiger partial charge is 0.338 e. The maximum Gasteiger partial charge on any atom is 0.338 e. The highest BCUT2D eigenvalue weighted by Gasteiger charge is 2.26. The predicted octanol–water partition coefficient (Wildman–Crippen LogP) is -1.83. The fraction of sp³-hybridized carbons (Fsp3) is 1.00. The molecule has 0 saturated carbocycles. The summed E-state index contributed by atoms with van der Waals surface area (Å²) >= 11 is 0. The molecule has 0 aromatic rings. The monoisotopic (exact) mass is 122 g/mol. The predicted molar refractivity (Wildman–Crippen MR) is 26.7 cm³/mol. The van der Waals surface area contributed by atoms with E-state index in [1.54, 1.807) is 0 Å². The first kappa shape index (κ1) is 7.84. The molecule has 0 spiro atoms. The van der Waals surface area contributed by atoms with E-state index >= 15 is 0 Å². The van der Waals surface area contributed by atoms with Gasteiger partial charge < -0.3 is 20.3 Å². The summed E-state index contributed by atoms with van der Waals surface area (Å²) in [6.07, 6.45) is 0. The summed E-state index contributed by atoms with van der Waals surface area (Å²) in [5, 5.41) is 8.47. The molecule has 4 nitrogen and oxygen atoms in total. The number of aliphatic hydroxyl groups is 1. The highest BCUT2D eigenvalue weighted by atomic mass is 16.7. The molecule has 0 amide bonds. The van der Waals surface area contributed by atoms with E-state index in [4.69, 9.17) is 5.11 Å². The molecule has 0 atom stereocenters. The van der Waals surface area contributed by atoms with Crippen molar-refractivity contribution in [2.45, 2.75) is 5.91 Å². The molecule has 0 radical (unpaired) electrons. The Labute approximate surface area is 48.2 Å². The molecule has 0 aliphatic heterocycles. The lowest BCUT2D eigenvalue weighted by atomic mass is 10.5. The average Bonchev–Trinajstić information content (AvgIpc) is 1.87. The molecule has 8 heavy (non-hydrogen) atoms. The van der Waals surface area contributed by atoms with Gasteiger partial charge in [-0.05, 0) is 0 Å². The van der Waals surface area contributed by atoms with Gasteiger partial charge in [0.25, 0.3) is 0 Å². The summed E-state index contributed by atoms with van der Waals surface area (Å²) in [6.45, 7) is -0.236. The summed E-state index contributed by atoms with van der Waals surface area (Å²) in [6, 6.07) is 0. The van der Waals surface area contributed by atoms with Crippen LogP contribution in [0.3, 0.4) is 0 Å². The van der Waals surface area contributed by atoms with Gasteiger partial charge in [0, 0.05) is 14.2 Å². The molecule has 0 rings (SSSR count). The number of quaternary nitrogens is 1. The lowest BCUT2D eigenvalue weighted by molar-refractivity contribution is -0.630. The molecular weight excluding hydrogens is 110 g/mol. The Balaban J connectivity index is 3.58. The van der Waals surface area contributed by atoms with Crippen LogP contribution in [0.4, 0.5) is 0 Å². The van der Waals surface area contributed by atoms with Crippen LogP contribution < -0.4 is 5.73 Å². The maximum atomic E-state index is 8.47. The lowest BCUT2D eigenvalue weighted by Crippen LogP contribution is -2.76. The first-order valence-electron chi connectivity index (χ1n) is 2.25. The Kier molecular flexibility index (Phi) is 2.93. The zero-order valence-electron chi connectivity index (χ0n) is 5.18. The minimum Gasteiger partial charge on any atom is -0.384 e. The molecule has 0 unspecified atom stereocenters. The second-order valence-corrected chi connectivity index (χ2v) is 1.48. The molecule has 0 aromatic heterocycles. The van der Waals surface area contributed by atoms with Crippen LogP contribution >= 0.6 is 0 Å². The third kappa shape index (κ3) is 1.75. The van der Waals surface area contributed by atoms with Crippen LogP contribution in [0, 0.1) is 0 Å². The van der Waals surface area contributed by atoms with Gasteiger partial charge in [-0.15, -0.1) is 0 Å². The van der Waals surface area contributed by atoms with Crippen molar-refractivity contribution in [3.8, 4) is 0 Å². The van der Waals surface area contributed by atoms with Crippen molar-refractivity contribution >= 4 is 0 Å². The van der Waals surface area contributed by atoms with E-state index in [1.165, 1.54) is 14.2 Å². The van der Waals surface area contributed by atoms with Crippen LogP contribution in [-0.4, -0.2) is 31.8 Å². The largest absolute Gasteiger partial charge is 0.384 e. The molecular formula is C4H12NO3+. The normalized spacial score (nSPS) is 12.0. The quantitative estimate of drug-likeness (QED) is 0.432. The molecule has 0 bridgehead atoms. The van der Waals surface area contributed by atoms with E-state index in [-0.39, 0.29) is 6.61 Å². The number of ether oxygens (including phenoxy) is 2. The minimum absolute atomic E-state index is 0.236. The van der Waals surface area contributed by atoms with Gasteiger partial charge in [-0.1, -0.05) is 0 Å². The van der Waals surface area contributed by atoms with Gasteiger partial charge in [0.2, 0.25) is 0 Å². The van der Waals surface area contributed by atoms with Gasteiger partial charge in [0.05, 0.1) is 0 Å². The van der Waals surface area contributed by atoms with Crippen molar-refractivity contribution in [3.63, 3.8) is 0 Å². The molecule has 0 saturated heterocycles. The minimum atomic E-state index is -1.07. The molecule has 0 aliphatic carbocycles. The fourth-order valence-electron chi connectivity index (χ4n) is 0.212. The lowest BCUT2D eigenvalue weighted by Gasteiger charge is -2.17. The molecule has 0 fully saturated rings. The summed E-state index contributed by atoms with van der Waals surface area (Å²) in [5.74, 6) is -1.07. The van der Waals surface area contributed by atoms with Crippen molar-refractivity contribution in [2.24, 2.45) is 0 Å². The van der Waals surface area contributed by atoms with Crippen LogP contribution in [-0.2, 0) is 9.47 Å². The van der Waals surface area contributed by atoms with Crippen LogP contribution in [0.25, 0.3) is 0 Å². The van der Waals surface area contributed by atoms with Crippen LogP contribution in [0.5, 0.6) is 0 Å². The number of hydrogen-bond donors (Lipinski definition) is 2. The first-order valence-corrected chi connectivity index (χ1v) is 2.25. The Morgan fingerprint density at radius 2 is 1.88 bits per heavy atom. The summed E-state index contributed by atoms with van der Waals surface area (Å²) in [5.41, 5.74) is 3.43. The van der Waals surface area contributed by atoms with Crippen molar-refractivity contribution in [2.75, 3.05) is 20.8 Å². The second-order valence-electron chi connectivity index (χ2n) is 1.48. The van der Waals surface area contributed by atoms with Crippen LogP contribution in [0.15, 0.2) is 0 Å².